The molecule has 2 aliphatic heterocycles. The fourth-order valence-electron chi connectivity index (χ4n) is 5.05. The van der Waals surface area contributed by atoms with Crippen molar-refractivity contribution in [1.29, 1.82) is 0 Å². The van der Waals surface area contributed by atoms with E-state index in [9.17, 15) is 9.90 Å². The maximum absolute atomic E-state index is 13.2. The topological polar surface area (TPSA) is 81.7 Å². The van der Waals surface area contributed by atoms with Gasteiger partial charge in [0.05, 0.1) is 24.5 Å². The van der Waals surface area contributed by atoms with Gasteiger partial charge in [-0.1, -0.05) is 0 Å². The highest BCUT2D eigenvalue weighted by Gasteiger charge is 2.36. The van der Waals surface area contributed by atoms with Crippen LogP contribution in [-0.4, -0.2) is 70.2 Å². The number of piperidine rings is 1. The molecule has 7 nitrogen and oxygen atoms in total. The minimum Gasteiger partial charge on any atom is -0.501 e. The number of carbonyl (C=O) groups excluding carboxylic acids is 1. The predicted molar refractivity (Wildman–Crippen MR) is 115 cm³/mol. The van der Waals surface area contributed by atoms with Gasteiger partial charge < -0.3 is 24.6 Å². The quantitative estimate of drug-likeness (QED) is 0.816. The maximum Gasteiger partial charge on any atom is 0.254 e. The zero-order valence-electron chi connectivity index (χ0n) is 17.5. The third kappa shape index (κ3) is 3.17. The smallest absolute Gasteiger partial charge is 0.254 e. The van der Waals surface area contributed by atoms with Crippen LogP contribution in [0, 0.1) is 5.92 Å². The SMILES string of the molecule is COC1=CC2C(c3cc4c(C(=O)N5CCC(O)CC5)ccnc4[nH]3)=CN(C)C2CC1. The monoisotopic (exact) mass is 408 g/mol. The average molecular weight is 409 g/mol. The molecule has 0 spiro atoms. The first-order valence-electron chi connectivity index (χ1n) is 10.7. The molecule has 0 bridgehead atoms. The molecule has 30 heavy (non-hydrogen) atoms. The summed E-state index contributed by atoms with van der Waals surface area (Å²) in [5.74, 6) is 1.30. The van der Waals surface area contributed by atoms with Gasteiger partial charge in [-0.2, -0.15) is 0 Å². The lowest BCUT2D eigenvalue weighted by molar-refractivity contribution is 0.0548. The Labute approximate surface area is 176 Å². The predicted octanol–water partition coefficient (Wildman–Crippen LogP) is 2.76. The second-order valence-corrected chi connectivity index (χ2v) is 8.55. The fraction of sp³-hybridized carbons (Fsp3) is 0.478. The Bertz CT molecular complexity index is 1030. The minimum atomic E-state index is -0.301. The summed E-state index contributed by atoms with van der Waals surface area (Å²) in [6.07, 6.45) is 9.10. The summed E-state index contributed by atoms with van der Waals surface area (Å²) in [4.78, 5) is 25.2. The number of allylic oxidation sites excluding steroid dienone is 1. The van der Waals surface area contributed by atoms with Crippen LogP contribution in [0.4, 0.5) is 0 Å². The Balaban J connectivity index is 1.49. The molecule has 0 saturated carbocycles. The largest absolute Gasteiger partial charge is 0.501 e. The van der Waals surface area contributed by atoms with Crippen LogP contribution >= 0.6 is 0 Å². The van der Waals surface area contributed by atoms with Crippen molar-refractivity contribution in [2.75, 3.05) is 27.2 Å². The van der Waals surface area contributed by atoms with Gasteiger partial charge in [0.1, 0.15) is 5.65 Å². The number of H-pyrrole nitrogens is 1. The zero-order valence-corrected chi connectivity index (χ0v) is 17.5. The summed E-state index contributed by atoms with van der Waals surface area (Å²) in [5, 5.41) is 10.6. The Hall–Kier alpha value is -2.80. The van der Waals surface area contributed by atoms with Crippen LogP contribution < -0.4 is 0 Å². The van der Waals surface area contributed by atoms with Crippen molar-refractivity contribution in [1.82, 2.24) is 19.8 Å². The summed E-state index contributed by atoms with van der Waals surface area (Å²) >= 11 is 0. The summed E-state index contributed by atoms with van der Waals surface area (Å²) in [6, 6.07) is 4.29. The van der Waals surface area contributed by atoms with Gasteiger partial charge in [-0.3, -0.25) is 4.79 Å². The highest BCUT2D eigenvalue weighted by Crippen LogP contribution is 2.42. The molecule has 2 atom stereocenters. The van der Waals surface area contributed by atoms with Crippen molar-refractivity contribution in [3.8, 4) is 0 Å². The van der Waals surface area contributed by atoms with E-state index in [-0.39, 0.29) is 17.9 Å². The van der Waals surface area contributed by atoms with E-state index in [1.807, 2.05) is 4.90 Å². The molecule has 2 unspecified atom stereocenters. The molecule has 2 N–H and O–H groups in total. The number of aliphatic hydroxyl groups is 1. The second-order valence-electron chi connectivity index (χ2n) is 8.55. The average Bonchev–Trinajstić information content (AvgIpc) is 3.34. The van der Waals surface area contributed by atoms with E-state index in [1.54, 1.807) is 19.4 Å². The summed E-state index contributed by atoms with van der Waals surface area (Å²) in [7, 11) is 3.86. The number of methoxy groups -OCH3 is 1. The number of aromatic amines is 1. The third-order valence-electron chi connectivity index (χ3n) is 6.78. The number of aliphatic hydroxyl groups excluding tert-OH is 1. The molecule has 4 heterocycles. The number of amides is 1. The minimum absolute atomic E-state index is 0.00878. The highest BCUT2D eigenvalue weighted by atomic mass is 16.5. The number of hydrogen-bond acceptors (Lipinski definition) is 5. The van der Waals surface area contributed by atoms with E-state index in [0.29, 0.717) is 37.5 Å². The van der Waals surface area contributed by atoms with Crippen molar-refractivity contribution in [2.45, 2.75) is 37.8 Å². The highest BCUT2D eigenvalue weighted by molar-refractivity contribution is 6.06. The molecule has 5 rings (SSSR count). The lowest BCUT2D eigenvalue weighted by Crippen LogP contribution is -2.40. The summed E-state index contributed by atoms with van der Waals surface area (Å²) in [5.41, 5.74) is 3.60. The number of nitrogens with zero attached hydrogens (tertiary/aromatic N) is 3. The Morgan fingerprint density at radius 3 is 2.87 bits per heavy atom. The van der Waals surface area contributed by atoms with Gasteiger partial charge in [0, 0.05) is 67.6 Å². The number of pyridine rings is 1. The first kappa shape index (κ1) is 19.2. The number of carbonyl (C=O) groups is 1. The molecule has 0 aromatic carbocycles. The van der Waals surface area contributed by atoms with Gasteiger partial charge in [0.25, 0.3) is 5.91 Å². The van der Waals surface area contributed by atoms with Gasteiger partial charge in [-0.25, -0.2) is 4.98 Å². The normalized spacial score (nSPS) is 24.6. The second kappa shape index (κ2) is 7.47. The zero-order chi connectivity index (χ0) is 20.8. The lowest BCUT2D eigenvalue weighted by atomic mass is 9.85. The van der Waals surface area contributed by atoms with Crippen LogP contribution in [0.15, 0.2) is 36.4 Å². The number of rotatable bonds is 3. The first-order valence-corrected chi connectivity index (χ1v) is 10.7. The van der Waals surface area contributed by atoms with Gasteiger partial charge in [0.2, 0.25) is 0 Å². The molecule has 7 heteroatoms. The van der Waals surface area contributed by atoms with Gasteiger partial charge in [0.15, 0.2) is 0 Å². The van der Waals surface area contributed by atoms with Crippen LogP contribution in [0.3, 0.4) is 0 Å². The van der Waals surface area contributed by atoms with Crippen molar-refractivity contribution < 1.29 is 14.6 Å². The molecule has 0 radical (unpaired) electrons. The summed E-state index contributed by atoms with van der Waals surface area (Å²) < 4.78 is 5.53. The van der Waals surface area contributed by atoms with E-state index in [2.05, 4.69) is 40.3 Å². The molecular weight excluding hydrogens is 380 g/mol. The number of fused-ring (bicyclic) bond motifs is 2. The maximum atomic E-state index is 13.2. The van der Waals surface area contributed by atoms with E-state index in [4.69, 9.17) is 4.74 Å². The molecular formula is C23H28N4O3. The Kier molecular flexibility index (Phi) is 4.77. The van der Waals surface area contributed by atoms with Gasteiger partial charge in [-0.05, 0) is 37.5 Å². The fourth-order valence-corrected chi connectivity index (χ4v) is 5.05. The van der Waals surface area contributed by atoms with Crippen LogP contribution in [0.25, 0.3) is 16.6 Å². The van der Waals surface area contributed by atoms with Crippen LogP contribution in [0.1, 0.15) is 41.7 Å². The molecule has 2 aromatic heterocycles. The lowest BCUT2D eigenvalue weighted by Gasteiger charge is -2.30. The Morgan fingerprint density at radius 1 is 1.30 bits per heavy atom. The number of likely N-dealkylation sites (tertiary alicyclic amines) is 1. The first-order chi connectivity index (χ1) is 14.5. The standard InChI is InChI=1S/C23H28N4O3/c1-26-13-19(17-11-15(30-2)3-4-21(17)26)20-12-18-16(5-8-24-22(18)25-20)23(29)27-9-6-14(28)7-10-27/h5,8,11-14,17,21,28H,3-4,6-7,9-10H2,1-2H3,(H,24,25). The molecule has 1 fully saturated rings. The van der Waals surface area contributed by atoms with Crippen molar-refractivity contribution in [2.24, 2.45) is 5.92 Å². The third-order valence-corrected chi connectivity index (χ3v) is 6.78. The van der Waals surface area contributed by atoms with Crippen molar-refractivity contribution in [3.63, 3.8) is 0 Å². The molecule has 1 amide bonds. The van der Waals surface area contributed by atoms with Crippen molar-refractivity contribution >= 4 is 22.5 Å². The molecule has 1 saturated heterocycles. The van der Waals surface area contributed by atoms with E-state index in [0.717, 1.165) is 35.3 Å². The van der Waals surface area contributed by atoms with Crippen LogP contribution in [0.5, 0.6) is 0 Å². The van der Waals surface area contributed by atoms with Gasteiger partial charge >= 0.3 is 0 Å². The number of hydrogen-bond donors (Lipinski definition) is 2. The molecule has 1 aliphatic carbocycles. The molecule has 158 valence electrons. The number of nitrogens with one attached hydrogen (secondary N) is 1. The van der Waals surface area contributed by atoms with Crippen LogP contribution in [0.2, 0.25) is 0 Å². The van der Waals surface area contributed by atoms with E-state index < -0.39 is 0 Å². The van der Waals surface area contributed by atoms with E-state index >= 15 is 0 Å². The van der Waals surface area contributed by atoms with Gasteiger partial charge in [-0.15, -0.1) is 0 Å². The summed E-state index contributed by atoms with van der Waals surface area (Å²) in [6.45, 7) is 1.18. The van der Waals surface area contributed by atoms with Crippen LogP contribution in [-0.2, 0) is 4.74 Å². The van der Waals surface area contributed by atoms with E-state index in [1.165, 1.54) is 5.57 Å². The van der Waals surface area contributed by atoms with Crippen molar-refractivity contribution in [3.05, 3.63) is 47.6 Å². The number of aromatic nitrogens is 2. The Morgan fingerprint density at radius 2 is 2.10 bits per heavy atom. The number of ether oxygens (including phenoxy) is 1. The molecule has 2 aromatic rings. The molecule has 3 aliphatic rings.